The summed E-state index contributed by atoms with van der Waals surface area (Å²) in [6.45, 7) is 5.25. The van der Waals surface area contributed by atoms with Crippen LogP contribution in [0.15, 0.2) is 21.3 Å². The minimum Gasteiger partial charge on any atom is -0.391 e. The molecule has 0 unspecified atom stereocenters. The largest absolute Gasteiger partial charge is 0.434 e. The van der Waals surface area contributed by atoms with E-state index in [1.165, 1.54) is 6.07 Å². The third-order valence-corrected chi connectivity index (χ3v) is 7.38. The number of primary amides is 1. The second kappa shape index (κ2) is 8.89. The van der Waals surface area contributed by atoms with Crippen molar-refractivity contribution in [2.45, 2.75) is 58.0 Å². The fourth-order valence-electron chi connectivity index (χ4n) is 3.98. The smallest absolute Gasteiger partial charge is 0.391 e. The van der Waals surface area contributed by atoms with Gasteiger partial charge < -0.3 is 10.2 Å². The van der Waals surface area contributed by atoms with Crippen LogP contribution in [0.4, 0.5) is 4.39 Å². The Hall–Kier alpha value is -2.57. The van der Waals surface area contributed by atoms with Crippen LogP contribution in [0, 0.1) is 19.7 Å². The number of amides is 1. The summed E-state index contributed by atoms with van der Waals surface area (Å²) in [7, 11) is -4.26. The summed E-state index contributed by atoms with van der Waals surface area (Å²) >= 11 is 0. The molecule has 2 heterocycles. The highest BCUT2D eigenvalue weighted by molar-refractivity contribution is 7.87. The lowest BCUT2D eigenvalue weighted by molar-refractivity contribution is -0.122. The third-order valence-electron chi connectivity index (χ3n) is 5.78. The Morgan fingerprint density at radius 3 is 2.71 bits per heavy atom. The van der Waals surface area contributed by atoms with Crippen molar-refractivity contribution in [2.24, 2.45) is 5.73 Å². The Morgan fingerprint density at radius 2 is 2.10 bits per heavy atom. The van der Waals surface area contributed by atoms with E-state index in [2.05, 4.69) is 14.9 Å². The molecular formula is C19H26FN5O5S. The molecule has 0 aliphatic carbocycles. The van der Waals surface area contributed by atoms with E-state index in [-0.39, 0.29) is 18.0 Å². The molecule has 12 heteroatoms. The highest BCUT2D eigenvalue weighted by atomic mass is 32.2. The van der Waals surface area contributed by atoms with Crippen molar-refractivity contribution in [3.05, 3.63) is 51.1 Å². The van der Waals surface area contributed by atoms with E-state index in [1.807, 2.05) is 6.92 Å². The number of carbonyl (C=O) groups is 1. The number of hydrogen-bond acceptors (Lipinski definition) is 6. The zero-order chi connectivity index (χ0) is 22.9. The molecule has 1 aliphatic heterocycles. The first kappa shape index (κ1) is 23.1. The van der Waals surface area contributed by atoms with E-state index in [0.29, 0.717) is 24.8 Å². The SMILES string of the molecule is Cc1ccc(F)c([C@@H](C)[C@H](NS(=O)(=O)N2CCCC[C@@H]2C(N)=O)c2n[nH]c(=O)o2)c1C. The molecule has 2 aromatic rings. The van der Waals surface area contributed by atoms with Gasteiger partial charge in [0.15, 0.2) is 0 Å². The first-order chi connectivity index (χ1) is 14.5. The molecule has 1 fully saturated rings. The van der Waals surface area contributed by atoms with Gasteiger partial charge in [-0.1, -0.05) is 19.4 Å². The fraction of sp³-hybridized carbons (Fsp3) is 0.526. The molecule has 1 amide bonds. The van der Waals surface area contributed by atoms with E-state index in [0.717, 1.165) is 9.87 Å². The minimum atomic E-state index is -4.26. The summed E-state index contributed by atoms with van der Waals surface area (Å²) < 4.78 is 49.7. The number of H-pyrrole nitrogens is 1. The number of piperidine rings is 1. The lowest BCUT2D eigenvalue weighted by atomic mass is 9.88. The van der Waals surface area contributed by atoms with E-state index in [1.54, 1.807) is 19.9 Å². The standard InChI is InChI=1S/C19H26FN5O5S/c1-10-7-8-13(20)15(11(10)2)12(3)16(18-22-23-19(27)30-18)24-31(28,29)25-9-5-4-6-14(25)17(21)26/h7-8,12,14,16,24H,4-6,9H2,1-3H3,(H2,21,26)(H,23,27)/t12-,14-,16+/m1/s1. The average Bonchev–Trinajstić information content (AvgIpc) is 3.15. The number of carbonyl (C=O) groups excluding carboxylic acids is 1. The number of nitrogens with two attached hydrogens (primary N) is 1. The van der Waals surface area contributed by atoms with Crippen LogP contribution < -0.4 is 16.2 Å². The van der Waals surface area contributed by atoms with Gasteiger partial charge in [-0.15, -0.1) is 5.10 Å². The highest BCUT2D eigenvalue weighted by Crippen LogP contribution is 2.35. The number of aromatic nitrogens is 2. The van der Waals surface area contributed by atoms with Gasteiger partial charge in [-0.3, -0.25) is 4.79 Å². The Balaban J connectivity index is 2.04. The molecule has 170 valence electrons. The molecule has 3 rings (SSSR count). The van der Waals surface area contributed by atoms with Gasteiger partial charge in [0, 0.05) is 12.5 Å². The van der Waals surface area contributed by atoms with Gasteiger partial charge >= 0.3 is 5.76 Å². The number of hydrogen-bond donors (Lipinski definition) is 3. The van der Waals surface area contributed by atoms with E-state index in [4.69, 9.17) is 10.2 Å². The van der Waals surface area contributed by atoms with E-state index in [9.17, 15) is 22.4 Å². The lowest BCUT2D eigenvalue weighted by Gasteiger charge is -2.34. The molecule has 3 atom stereocenters. The van der Waals surface area contributed by atoms with Gasteiger partial charge in [-0.2, -0.15) is 17.4 Å². The van der Waals surface area contributed by atoms with Crippen LogP contribution in [0.2, 0.25) is 0 Å². The van der Waals surface area contributed by atoms with Crippen LogP contribution in [0.3, 0.4) is 0 Å². The summed E-state index contributed by atoms with van der Waals surface area (Å²) in [5, 5.41) is 5.86. The van der Waals surface area contributed by atoms with E-state index < -0.39 is 45.7 Å². The number of halogens is 1. The van der Waals surface area contributed by atoms with Gasteiger partial charge in [-0.25, -0.2) is 14.3 Å². The fourth-order valence-corrected chi connectivity index (χ4v) is 5.65. The summed E-state index contributed by atoms with van der Waals surface area (Å²) in [4.78, 5) is 23.4. The number of aryl methyl sites for hydroxylation is 1. The van der Waals surface area contributed by atoms with Crippen LogP contribution in [0.1, 0.15) is 60.7 Å². The molecular weight excluding hydrogens is 429 g/mol. The first-order valence-corrected chi connectivity index (χ1v) is 11.4. The maximum atomic E-state index is 14.7. The van der Waals surface area contributed by atoms with Gasteiger partial charge in [-0.05, 0) is 49.4 Å². The van der Waals surface area contributed by atoms with Crippen LogP contribution >= 0.6 is 0 Å². The van der Waals surface area contributed by atoms with Crippen molar-refractivity contribution in [2.75, 3.05) is 6.54 Å². The summed E-state index contributed by atoms with van der Waals surface area (Å²) in [6, 6.07) is 0.717. The molecule has 1 aromatic heterocycles. The number of nitrogens with zero attached hydrogens (tertiary/aromatic N) is 2. The van der Waals surface area contributed by atoms with Gasteiger partial charge in [0.25, 0.3) is 10.2 Å². The van der Waals surface area contributed by atoms with Crippen LogP contribution in [0.25, 0.3) is 0 Å². The van der Waals surface area contributed by atoms with Crippen LogP contribution in [0.5, 0.6) is 0 Å². The van der Waals surface area contributed by atoms with Crippen molar-refractivity contribution in [3.63, 3.8) is 0 Å². The summed E-state index contributed by atoms with van der Waals surface area (Å²) in [6.07, 6.45) is 1.54. The molecule has 0 bridgehead atoms. The number of aromatic amines is 1. The Bertz CT molecular complexity index is 1130. The highest BCUT2D eigenvalue weighted by Gasteiger charge is 2.40. The topological polar surface area (TPSA) is 151 Å². The minimum absolute atomic E-state index is 0.104. The molecule has 0 radical (unpaired) electrons. The second-order valence-electron chi connectivity index (χ2n) is 7.77. The Kier molecular flexibility index (Phi) is 6.62. The second-order valence-corrected chi connectivity index (χ2v) is 9.42. The van der Waals surface area contributed by atoms with Crippen molar-refractivity contribution < 1.29 is 22.0 Å². The number of nitrogens with one attached hydrogen (secondary N) is 2. The molecule has 4 N–H and O–H groups in total. The van der Waals surface area contributed by atoms with Crippen molar-refractivity contribution in [1.82, 2.24) is 19.2 Å². The van der Waals surface area contributed by atoms with Crippen molar-refractivity contribution >= 4 is 16.1 Å². The molecule has 10 nitrogen and oxygen atoms in total. The molecule has 1 aromatic carbocycles. The van der Waals surface area contributed by atoms with E-state index >= 15 is 0 Å². The van der Waals surface area contributed by atoms with Gasteiger partial charge in [0.05, 0.1) is 0 Å². The van der Waals surface area contributed by atoms with Crippen LogP contribution in [-0.2, 0) is 15.0 Å². The Morgan fingerprint density at radius 1 is 1.39 bits per heavy atom. The quantitative estimate of drug-likeness (QED) is 0.569. The zero-order valence-corrected chi connectivity index (χ0v) is 18.3. The maximum absolute atomic E-state index is 14.7. The zero-order valence-electron chi connectivity index (χ0n) is 17.5. The van der Waals surface area contributed by atoms with Gasteiger partial charge in [0.1, 0.15) is 17.9 Å². The maximum Gasteiger partial charge on any atom is 0.434 e. The first-order valence-electron chi connectivity index (χ1n) is 9.92. The molecule has 31 heavy (non-hydrogen) atoms. The summed E-state index contributed by atoms with van der Waals surface area (Å²) in [5.74, 6) is -3.18. The van der Waals surface area contributed by atoms with Crippen molar-refractivity contribution in [3.8, 4) is 0 Å². The molecule has 1 aliphatic rings. The monoisotopic (exact) mass is 455 g/mol. The molecule has 0 spiro atoms. The summed E-state index contributed by atoms with van der Waals surface area (Å²) in [5.41, 5.74) is 7.13. The predicted molar refractivity (Wildman–Crippen MR) is 110 cm³/mol. The third kappa shape index (κ3) is 4.70. The number of rotatable bonds is 7. The average molecular weight is 456 g/mol. The predicted octanol–water partition coefficient (Wildman–Crippen LogP) is 1.14. The molecule has 1 saturated heterocycles. The molecule has 0 saturated carbocycles. The lowest BCUT2D eigenvalue weighted by Crippen LogP contribution is -2.54. The number of benzene rings is 1. The normalized spacial score (nSPS) is 19.8. The Labute approximate surface area is 179 Å². The van der Waals surface area contributed by atoms with Gasteiger partial charge in [0.2, 0.25) is 11.8 Å². The van der Waals surface area contributed by atoms with Crippen LogP contribution in [-0.4, -0.2) is 41.4 Å². The van der Waals surface area contributed by atoms with Crippen molar-refractivity contribution in [1.29, 1.82) is 0 Å².